The van der Waals surface area contributed by atoms with Crippen LogP contribution < -0.4 is 0 Å². The molecule has 0 saturated carbocycles. The molecule has 0 amide bonds. The lowest BCUT2D eigenvalue weighted by Crippen LogP contribution is -2.02. The Morgan fingerprint density at radius 2 is 1.67 bits per heavy atom. The number of sulfone groups is 1. The lowest BCUT2D eigenvalue weighted by molar-refractivity contribution is 0.603. The van der Waals surface area contributed by atoms with Gasteiger partial charge in [-0.15, -0.1) is 0 Å². The first-order valence-corrected chi connectivity index (χ1v) is 7.96. The molecule has 3 nitrogen and oxygen atoms in total. The maximum atomic E-state index is 12.4. The van der Waals surface area contributed by atoms with E-state index in [2.05, 4.69) is 4.85 Å². The third kappa shape index (κ3) is 3.52. The summed E-state index contributed by atoms with van der Waals surface area (Å²) in [5.74, 6) is 0. The van der Waals surface area contributed by atoms with Gasteiger partial charge in [-0.25, -0.2) is 13.3 Å². The number of aryl methyl sites for hydroxylation is 1. The molecule has 0 N–H and O–H groups in total. The first-order chi connectivity index (χ1) is 9.93. The molecule has 0 aliphatic carbocycles. The molecule has 0 aliphatic rings. The van der Waals surface area contributed by atoms with E-state index in [0.29, 0.717) is 10.6 Å². The van der Waals surface area contributed by atoms with Crippen molar-refractivity contribution in [2.24, 2.45) is 0 Å². The molecule has 2 aromatic rings. The molecule has 106 valence electrons. The smallest absolute Gasteiger partial charge is 0.230 e. The molecule has 0 atom stereocenters. The van der Waals surface area contributed by atoms with Crippen molar-refractivity contribution < 1.29 is 8.42 Å². The summed E-state index contributed by atoms with van der Waals surface area (Å²) in [4.78, 5) is 3.28. The average Bonchev–Trinajstić information content (AvgIpc) is 2.47. The monoisotopic (exact) mass is 317 g/mol. The van der Waals surface area contributed by atoms with E-state index in [0.717, 1.165) is 5.56 Å². The Kier molecular flexibility index (Phi) is 4.46. The minimum Gasteiger partial charge on any atom is -0.230 e. The number of nitrogens with zero attached hydrogens (tertiary/aromatic N) is 1. The van der Waals surface area contributed by atoms with Gasteiger partial charge >= 0.3 is 0 Å². The third-order valence-corrected chi connectivity index (χ3v) is 4.78. The number of hydrogen-bond acceptors (Lipinski definition) is 2. The highest BCUT2D eigenvalue weighted by atomic mass is 35.5. The molecule has 0 saturated heterocycles. The largest absolute Gasteiger partial charge is 0.283 e. The Morgan fingerprint density at radius 3 is 2.19 bits per heavy atom. The fraction of sp³-hybridized carbons (Fsp3) is 0.0625. The lowest BCUT2D eigenvalue weighted by Gasteiger charge is -2.03. The van der Waals surface area contributed by atoms with Gasteiger partial charge in [0, 0.05) is 5.02 Å². The van der Waals surface area contributed by atoms with Gasteiger partial charge < -0.3 is 0 Å². The van der Waals surface area contributed by atoms with Crippen LogP contribution in [0, 0.1) is 13.5 Å². The average molecular weight is 318 g/mol. The first-order valence-electron chi connectivity index (χ1n) is 6.10. The molecule has 2 aromatic carbocycles. The van der Waals surface area contributed by atoms with E-state index in [-0.39, 0.29) is 9.92 Å². The maximum absolute atomic E-state index is 12.4. The highest BCUT2D eigenvalue weighted by molar-refractivity contribution is 7.95. The second kappa shape index (κ2) is 6.13. The van der Waals surface area contributed by atoms with Crippen LogP contribution in [0.4, 0.5) is 0 Å². The molecular formula is C16H12ClNO2S. The summed E-state index contributed by atoms with van der Waals surface area (Å²) in [5, 5.41) is 0.242. The summed E-state index contributed by atoms with van der Waals surface area (Å²) in [5.41, 5.74) is 1.57. The van der Waals surface area contributed by atoms with Gasteiger partial charge in [-0.3, -0.25) is 0 Å². The van der Waals surface area contributed by atoms with Crippen molar-refractivity contribution in [3.8, 4) is 0 Å². The molecule has 0 unspecified atom stereocenters. The van der Waals surface area contributed by atoms with Crippen molar-refractivity contribution in [2.75, 3.05) is 0 Å². The highest BCUT2D eigenvalue weighted by Gasteiger charge is 2.21. The van der Waals surface area contributed by atoms with Crippen LogP contribution in [0.15, 0.2) is 58.5 Å². The van der Waals surface area contributed by atoms with E-state index < -0.39 is 9.84 Å². The summed E-state index contributed by atoms with van der Waals surface area (Å²) >= 11 is 5.78. The molecular weight excluding hydrogens is 306 g/mol. The van der Waals surface area contributed by atoms with Gasteiger partial charge in [0.15, 0.2) is 0 Å². The van der Waals surface area contributed by atoms with Crippen LogP contribution in [0.5, 0.6) is 0 Å². The number of rotatable bonds is 3. The number of halogens is 1. The van der Waals surface area contributed by atoms with Crippen LogP contribution >= 0.6 is 11.6 Å². The summed E-state index contributed by atoms with van der Waals surface area (Å²) in [6.45, 7) is 9.02. The van der Waals surface area contributed by atoms with Gasteiger partial charge in [0.05, 0.1) is 11.5 Å². The molecule has 0 radical (unpaired) electrons. The normalized spacial score (nSPS) is 12.0. The van der Waals surface area contributed by atoms with E-state index in [4.69, 9.17) is 18.2 Å². The van der Waals surface area contributed by atoms with E-state index >= 15 is 0 Å². The van der Waals surface area contributed by atoms with E-state index in [1.807, 2.05) is 6.92 Å². The fourth-order valence-electron chi connectivity index (χ4n) is 1.71. The zero-order valence-electron chi connectivity index (χ0n) is 11.2. The molecule has 0 heterocycles. The zero-order chi connectivity index (χ0) is 15.5. The predicted octanol–water partition coefficient (Wildman–Crippen LogP) is 4.34. The predicted molar refractivity (Wildman–Crippen MR) is 84.4 cm³/mol. The van der Waals surface area contributed by atoms with Crippen LogP contribution in [0.3, 0.4) is 0 Å². The number of benzene rings is 2. The minimum atomic E-state index is -3.80. The topological polar surface area (TPSA) is 38.5 Å². The van der Waals surface area contributed by atoms with Gasteiger partial charge in [0.1, 0.15) is 0 Å². The molecule has 5 heteroatoms. The van der Waals surface area contributed by atoms with E-state index in [1.54, 1.807) is 36.4 Å². The summed E-state index contributed by atoms with van der Waals surface area (Å²) in [7, 11) is -3.80. The third-order valence-electron chi connectivity index (χ3n) is 2.88. The standard InChI is InChI=1S/C16H12ClNO2S/c1-12-3-9-15(10-4-12)21(19,20)16(18-2)11-13-5-7-14(17)8-6-13/h3-11H,1H3/b16-11-. The van der Waals surface area contributed by atoms with E-state index in [9.17, 15) is 8.42 Å². The minimum absolute atomic E-state index is 0.115. The maximum Gasteiger partial charge on any atom is 0.283 e. The van der Waals surface area contributed by atoms with Crippen LogP contribution in [-0.4, -0.2) is 8.42 Å². The summed E-state index contributed by atoms with van der Waals surface area (Å²) < 4.78 is 24.9. The second-order valence-electron chi connectivity index (χ2n) is 4.46. The van der Waals surface area contributed by atoms with Gasteiger partial charge in [-0.05, 0) is 42.8 Å². The zero-order valence-corrected chi connectivity index (χ0v) is 12.8. The van der Waals surface area contributed by atoms with Crippen molar-refractivity contribution in [1.82, 2.24) is 0 Å². The van der Waals surface area contributed by atoms with Crippen LogP contribution in [0.25, 0.3) is 10.9 Å². The molecule has 0 fully saturated rings. The second-order valence-corrected chi connectivity index (χ2v) is 6.80. The molecule has 0 spiro atoms. The van der Waals surface area contributed by atoms with Crippen molar-refractivity contribution >= 4 is 27.5 Å². The highest BCUT2D eigenvalue weighted by Crippen LogP contribution is 2.23. The van der Waals surface area contributed by atoms with Crippen molar-refractivity contribution in [3.63, 3.8) is 0 Å². The van der Waals surface area contributed by atoms with Gasteiger partial charge in [0.2, 0.25) is 9.84 Å². The van der Waals surface area contributed by atoms with Gasteiger partial charge in [0.25, 0.3) is 5.03 Å². The molecule has 2 rings (SSSR count). The number of hydrogen-bond donors (Lipinski definition) is 0. The Hall–Kier alpha value is -2.09. The fourth-order valence-corrected chi connectivity index (χ4v) is 2.98. The summed E-state index contributed by atoms with van der Waals surface area (Å²) in [6.07, 6.45) is 1.35. The Morgan fingerprint density at radius 1 is 1.10 bits per heavy atom. The van der Waals surface area contributed by atoms with Crippen LogP contribution in [0.1, 0.15) is 11.1 Å². The molecule has 0 aromatic heterocycles. The molecule has 0 bridgehead atoms. The Balaban J connectivity index is 2.47. The van der Waals surface area contributed by atoms with Crippen molar-refractivity contribution in [2.45, 2.75) is 11.8 Å². The quantitative estimate of drug-likeness (QED) is 0.790. The van der Waals surface area contributed by atoms with Gasteiger partial charge in [-0.1, -0.05) is 41.4 Å². The van der Waals surface area contributed by atoms with Crippen LogP contribution in [-0.2, 0) is 9.84 Å². The Labute approximate surface area is 129 Å². The SMILES string of the molecule is [C-]#[N+]/C(=C/c1ccc(Cl)cc1)S(=O)(=O)c1ccc(C)cc1. The van der Waals surface area contributed by atoms with Crippen LogP contribution in [0.2, 0.25) is 5.02 Å². The molecule has 0 aliphatic heterocycles. The Bertz CT molecular complexity index is 814. The van der Waals surface area contributed by atoms with E-state index in [1.165, 1.54) is 18.2 Å². The first kappa shape index (κ1) is 15.3. The van der Waals surface area contributed by atoms with Crippen molar-refractivity contribution in [1.29, 1.82) is 0 Å². The molecule has 21 heavy (non-hydrogen) atoms. The van der Waals surface area contributed by atoms with Crippen molar-refractivity contribution in [3.05, 3.63) is 81.1 Å². The summed E-state index contributed by atoms with van der Waals surface area (Å²) in [6, 6.07) is 13.0. The lowest BCUT2D eigenvalue weighted by atomic mass is 10.2. The van der Waals surface area contributed by atoms with Gasteiger partial charge in [-0.2, -0.15) is 0 Å².